The van der Waals surface area contributed by atoms with Crippen LogP contribution in [0.2, 0.25) is 5.02 Å². The summed E-state index contributed by atoms with van der Waals surface area (Å²) in [6.07, 6.45) is 0.271. The van der Waals surface area contributed by atoms with Gasteiger partial charge in [-0.15, -0.1) is 11.3 Å². The number of hydrogen-bond acceptors (Lipinski definition) is 3. The number of benzene rings is 2. The Kier molecular flexibility index (Phi) is 5.68. The molecule has 1 amide bonds. The Morgan fingerprint density at radius 2 is 1.84 bits per heavy atom. The second-order valence-corrected chi connectivity index (χ2v) is 7.66. The van der Waals surface area contributed by atoms with Gasteiger partial charge >= 0.3 is 0 Å². The van der Waals surface area contributed by atoms with Crippen LogP contribution in [-0.4, -0.2) is 11.7 Å². The van der Waals surface area contributed by atoms with Gasteiger partial charge < -0.3 is 5.32 Å². The SMILES string of the molecule is O=C(Cc1cccs1)Nc1ccc(Br)cc1C(=O)c1ccccc1Cl. The Hall–Kier alpha value is -1.95. The molecular weight excluding hydrogens is 422 g/mol. The second kappa shape index (κ2) is 7.95. The van der Waals surface area contributed by atoms with Crippen molar-refractivity contribution in [3.05, 3.63) is 85.5 Å². The molecule has 0 bridgehead atoms. The molecule has 0 aliphatic heterocycles. The number of anilines is 1. The molecule has 3 rings (SSSR count). The summed E-state index contributed by atoms with van der Waals surface area (Å²) in [6, 6.07) is 15.8. The Bertz CT molecular complexity index is 925. The van der Waals surface area contributed by atoms with Crippen molar-refractivity contribution < 1.29 is 9.59 Å². The summed E-state index contributed by atoms with van der Waals surface area (Å²) in [5.41, 5.74) is 1.26. The van der Waals surface area contributed by atoms with Crippen LogP contribution in [0.5, 0.6) is 0 Å². The van der Waals surface area contributed by atoms with Crippen LogP contribution in [0.1, 0.15) is 20.8 Å². The summed E-state index contributed by atoms with van der Waals surface area (Å²) in [5, 5.41) is 5.13. The van der Waals surface area contributed by atoms with Crippen molar-refractivity contribution in [1.82, 2.24) is 0 Å². The average molecular weight is 435 g/mol. The summed E-state index contributed by atoms with van der Waals surface area (Å²) in [6.45, 7) is 0. The highest BCUT2D eigenvalue weighted by atomic mass is 79.9. The molecular formula is C19H13BrClNO2S. The number of nitrogens with one attached hydrogen (secondary N) is 1. The minimum absolute atomic E-state index is 0.169. The smallest absolute Gasteiger partial charge is 0.229 e. The van der Waals surface area contributed by atoms with Crippen LogP contribution in [0.4, 0.5) is 5.69 Å². The molecule has 0 aliphatic rings. The largest absolute Gasteiger partial charge is 0.325 e. The lowest BCUT2D eigenvalue weighted by atomic mass is 10.0. The molecule has 0 aliphatic carbocycles. The molecule has 0 unspecified atom stereocenters. The summed E-state index contributed by atoms with van der Waals surface area (Å²) >= 11 is 11.0. The predicted octanol–water partition coefficient (Wildman–Crippen LogP) is 5.58. The summed E-state index contributed by atoms with van der Waals surface area (Å²) in [5.74, 6) is -0.406. The average Bonchev–Trinajstić information content (AvgIpc) is 3.09. The van der Waals surface area contributed by atoms with Crippen molar-refractivity contribution >= 4 is 56.2 Å². The van der Waals surface area contributed by atoms with Gasteiger partial charge in [-0.05, 0) is 41.8 Å². The fraction of sp³-hybridized carbons (Fsp3) is 0.0526. The van der Waals surface area contributed by atoms with Gasteiger partial charge in [-0.3, -0.25) is 9.59 Å². The zero-order valence-corrected chi connectivity index (χ0v) is 16.1. The van der Waals surface area contributed by atoms with Gasteiger partial charge in [-0.25, -0.2) is 0 Å². The molecule has 0 saturated carbocycles. The number of amides is 1. The first kappa shape index (κ1) is 17.9. The Labute approximate surface area is 162 Å². The van der Waals surface area contributed by atoms with Crippen molar-refractivity contribution in [3.8, 4) is 0 Å². The Balaban J connectivity index is 1.89. The van der Waals surface area contributed by atoms with Crippen LogP contribution >= 0.6 is 38.9 Å². The number of hydrogen-bond donors (Lipinski definition) is 1. The van der Waals surface area contributed by atoms with E-state index in [1.807, 2.05) is 17.5 Å². The first-order valence-electron chi connectivity index (χ1n) is 7.45. The van der Waals surface area contributed by atoms with Crippen LogP contribution in [0.25, 0.3) is 0 Å². The third-order valence-corrected chi connectivity index (χ3v) is 5.23. The normalized spacial score (nSPS) is 10.5. The fourth-order valence-corrected chi connectivity index (χ4v) is 3.66. The minimum atomic E-state index is -0.238. The van der Waals surface area contributed by atoms with Crippen LogP contribution in [0.3, 0.4) is 0 Å². The van der Waals surface area contributed by atoms with E-state index in [0.29, 0.717) is 21.8 Å². The molecule has 3 aromatic rings. The van der Waals surface area contributed by atoms with Crippen molar-refractivity contribution in [2.45, 2.75) is 6.42 Å². The van der Waals surface area contributed by atoms with Gasteiger partial charge in [0.05, 0.1) is 17.1 Å². The molecule has 0 atom stereocenters. The first-order valence-corrected chi connectivity index (χ1v) is 9.50. The second-order valence-electron chi connectivity index (χ2n) is 5.30. The van der Waals surface area contributed by atoms with Gasteiger partial charge in [0, 0.05) is 20.5 Å². The van der Waals surface area contributed by atoms with E-state index >= 15 is 0 Å². The highest BCUT2D eigenvalue weighted by molar-refractivity contribution is 9.10. The van der Waals surface area contributed by atoms with Crippen molar-refractivity contribution in [2.24, 2.45) is 0 Å². The van der Waals surface area contributed by atoms with Crippen LogP contribution < -0.4 is 5.32 Å². The summed E-state index contributed by atoms with van der Waals surface area (Å²) in [7, 11) is 0. The highest BCUT2D eigenvalue weighted by Gasteiger charge is 2.18. The highest BCUT2D eigenvalue weighted by Crippen LogP contribution is 2.27. The Morgan fingerprint density at radius 3 is 2.56 bits per heavy atom. The minimum Gasteiger partial charge on any atom is -0.325 e. The summed E-state index contributed by atoms with van der Waals surface area (Å²) in [4.78, 5) is 26.1. The molecule has 1 heterocycles. The van der Waals surface area contributed by atoms with E-state index in [1.54, 1.807) is 42.5 Å². The maximum atomic E-state index is 12.9. The van der Waals surface area contributed by atoms with Crippen molar-refractivity contribution in [2.75, 3.05) is 5.32 Å². The predicted molar refractivity (Wildman–Crippen MR) is 106 cm³/mol. The third-order valence-electron chi connectivity index (χ3n) is 3.53. The number of carbonyl (C=O) groups is 2. The maximum absolute atomic E-state index is 12.9. The molecule has 0 saturated heterocycles. The van der Waals surface area contributed by atoms with Gasteiger partial charge in [-0.2, -0.15) is 0 Å². The van der Waals surface area contributed by atoms with Crippen molar-refractivity contribution in [1.29, 1.82) is 0 Å². The Morgan fingerprint density at radius 1 is 1.04 bits per heavy atom. The zero-order chi connectivity index (χ0) is 17.8. The third kappa shape index (κ3) is 4.37. The first-order chi connectivity index (χ1) is 12.0. The monoisotopic (exact) mass is 433 g/mol. The van der Waals surface area contributed by atoms with E-state index in [0.717, 1.165) is 9.35 Å². The number of ketones is 1. The molecule has 1 N–H and O–H groups in total. The zero-order valence-electron chi connectivity index (χ0n) is 13.0. The van der Waals surface area contributed by atoms with Crippen LogP contribution in [-0.2, 0) is 11.2 Å². The molecule has 0 radical (unpaired) electrons. The lowest BCUT2D eigenvalue weighted by Gasteiger charge is -2.12. The number of rotatable bonds is 5. The van der Waals surface area contributed by atoms with E-state index < -0.39 is 0 Å². The molecule has 25 heavy (non-hydrogen) atoms. The molecule has 1 aromatic heterocycles. The molecule has 0 fully saturated rings. The van der Waals surface area contributed by atoms with E-state index in [-0.39, 0.29) is 18.1 Å². The number of halogens is 2. The van der Waals surface area contributed by atoms with Gasteiger partial charge in [0.1, 0.15) is 0 Å². The molecule has 6 heteroatoms. The lowest BCUT2D eigenvalue weighted by molar-refractivity contribution is -0.115. The van der Waals surface area contributed by atoms with Crippen LogP contribution in [0, 0.1) is 0 Å². The van der Waals surface area contributed by atoms with Crippen molar-refractivity contribution in [3.63, 3.8) is 0 Å². The number of thiophene rings is 1. The molecule has 0 spiro atoms. The van der Waals surface area contributed by atoms with Gasteiger partial charge in [-0.1, -0.05) is 45.7 Å². The number of carbonyl (C=O) groups excluding carboxylic acids is 2. The van der Waals surface area contributed by atoms with Crippen LogP contribution in [0.15, 0.2) is 64.5 Å². The quantitative estimate of drug-likeness (QED) is 0.533. The maximum Gasteiger partial charge on any atom is 0.229 e. The molecule has 126 valence electrons. The van der Waals surface area contributed by atoms with E-state index in [4.69, 9.17) is 11.6 Å². The van der Waals surface area contributed by atoms with Gasteiger partial charge in [0.25, 0.3) is 0 Å². The summed E-state index contributed by atoms with van der Waals surface area (Å²) < 4.78 is 0.749. The molecule has 2 aromatic carbocycles. The van der Waals surface area contributed by atoms with Gasteiger partial charge in [0.2, 0.25) is 5.91 Å². The lowest BCUT2D eigenvalue weighted by Crippen LogP contribution is -2.16. The van der Waals surface area contributed by atoms with E-state index in [1.165, 1.54) is 11.3 Å². The fourth-order valence-electron chi connectivity index (χ4n) is 2.37. The van der Waals surface area contributed by atoms with E-state index in [2.05, 4.69) is 21.2 Å². The standard InChI is InChI=1S/C19H13BrClNO2S/c20-12-7-8-17(22-18(23)11-13-4-3-9-25-13)15(10-12)19(24)14-5-1-2-6-16(14)21/h1-10H,11H2,(H,22,23). The topological polar surface area (TPSA) is 46.2 Å². The van der Waals surface area contributed by atoms with Gasteiger partial charge in [0.15, 0.2) is 5.78 Å². The van der Waals surface area contributed by atoms with E-state index in [9.17, 15) is 9.59 Å². The molecule has 3 nitrogen and oxygen atoms in total.